The number of imide groups is 1. The molecule has 2 rings (SSSR count). The Bertz CT molecular complexity index is 637. The van der Waals surface area contributed by atoms with E-state index in [2.05, 4.69) is 0 Å². The topological polar surface area (TPSA) is 72.9 Å². The number of fused-ring (bicyclic) bond motifs is 1. The molecule has 0 spiro atoms. The fourth-order valence-corrected chi connectivity index (χ4v) is 5.70. The van der Waals surface area contributed by atoms with Crippen LogP contribution in [0.25, 0.3) is 0 Å². The van der Waals surface area contributed by atoms with Gasteiger partial charge in [0.1, 0.15) is 4.87 Å². The Labute approximate surface area is 140 Å². The van der Waals surface area contributed by atoms with E-state index in [-0.39, 0.29) is 18.0 Å². The van der Waals surface area contributed by atoms with Gasteiger partial charge in [-0.15, -0.1) is 11.8 Å². The molecule has 0 N–H and O–H groups in total. The van der Waals surface area contributed by atoms with Crippen molar-refractivity contribution in [2.45, 2.75) is 18.7 Å². The molecule has 1 aromatic carbocycles. The SMILES string of the molecule is CCSC(C)(CP(=O)(OC)OC)N1C(=O)c2ccccc2C1=O. The normalized spacial score (nSPS) is 17.3. The summed E-state index contributed by atoms with van der Waals surface area (Å²) in [6.45, 7) is 3.62. The van der Waals surface area contributed by atoms with E-state index in [9.17, 15) is 14.2 Å². The average molecular weight is 357 g/mol. The lowest BCUT2D eigenvalue weighted by Gasteiger charge is -2.37. The van der Waals surface area contributed by atoms with Crippen LogP contribution in [0.5, 0.6) is 0 Å². The summed E-state index contributed by atoms with van der Waals surface area (Å²) in [6, 6.07) is 6.68. The first kappa shape index (κ1) is 18.2. The molecule has 1 aliphatic rings. The van der Waals surface area contributed by atoms with Gasteiger partial charge in [-0.05, 0) is 24.8 Å². The molecule has 1 aliphatic heterocycles. The van der Waals surface area contributed by atoms with Crippen molar-refractivity contribution in [3.8, 4) is 0 Å². The zero-order valence-corrected chi connectivity index (χ0v) is 15.3. The number of hydrogen-bond acceptors (Lipinski definition) is 6. The van der Waals surface area contributed by atoms with Gasteiger partial charge in [-0.25, -0.2) is 0 Å². The Hall–Kier alpha value is -1.14. The van der Waals surface area contributed by atoms with Gasteiger partial charge in [-0.1, -0.05) is 19.1 Å². The van der Waals surface area contributed by atoms with E-state index in [1.807, 2.05) is 6.92 Å². The molecule has 8 heteroatoms. The van der Waals surface area contributed by atoms with Gasteiger partial charge >= 0.3 is 7.60 Å². The van der Waals surface area contributed by atoms with Crippen molar-refractivity contribution < 1.29 is 23.2 Å². The number of nitrogens with zero attached hydrogens (tertiary/aromatic N) is 1. The number of carbonyl (C=O) groups is 2. The lowest BCUT2D eigenvalue weighted by Crippen LogP contribution is -2.50. The summed E-state index contributed by atoms with van der Waals surface area (Å²) in [5.41, 5.74) is 0.732. The van der Waals surface area contributed by atoms with Crippen LogP contribution in [0.15, 0.2) is 24.3 Å². The molecular formula is C15H20NO5PS. The van der Waals surface area contributed by atoms with Gasteiger partial charge in [0, 0.05) is 14.2 Å². The van der Waals surface area contributed by atoms with Crippen LogP contribution >= 0.6 is 19.4 Å². The lowest BCUT2D eigenvalue weighted by atomic mass is 10.1. The van der Waals surface area contributed by atoms with Crippen molar-refractivity contribution in [1.82, 2.24) is 4.90 Å². The van der Waals surface area contributed by atoms with E-state index in [1.165, 1.54) is 30.9 Å². The fraction of sp³-hybridized carbons (Fsp3) is 0.467. The predicted molar refractivity (Wildman–Crippen MR) is 90.0 cm³/mol. The van der Waals surface area contributed by atoms with Crippen LogP contribution in [-0.2, 0) is 13.6 Å². The highest BCUT2D eigenvalue weighted by Crippen LogP contribution is 2.53. The molecule has 0 aliphatic carbocycles. The Morgan fingerprint density at radius 2 is 1.61 bits per heavy atom. The van der Waals surface area contributed by atoms with Gasteiger partial charge in [0.2, 0.25) is 0 Å². The van der Waals surface area contributed by atoms with Crippen molar-refractivity contribution in [2.75, 3.05) is 26.1 Å². The number of amides is 2. The second-order valence-corrected chi connectivity index (χ2v) is 9.25. The van der Waals surface area contributed by atoms with Gasteiger partial charge in [0.05, 0.1) is 17.3 Å². The molecule has 126 valence electrons. The van der Waals surface area contributed by atoms with Crippen LogP contribution < -0.4 is 0 Å². The summed E-state index contributed by atoms with van der Waals surface area (Å²) in [6.07, 6.45) is -0.0724. The third-order valence-electron chi connectivity index (χ3n) is 3.77. The quantitative estimate of drug-likeness (QED) is 0.551. The molecule has 0 saturated heterocycles. The summed E-state index contributed by atoms with van der Waals surface area (Å²) in [7, 11) is -0.810. The first-order valence-electron chi connectivity index (χ1n) is 7.14. The zero-order chi connectivity index (χ0) is 17.3. The number of hydrogen-bond donors (Lipinski definition) is 0. The van der Waals surface area contributed by atoms with E-state index in [1.54, 1.807) is 31.2 Å². The third kappa shape index (κ3) is 3.24. The minimum absolute atomic E-state index is 0.0724. The molecular weight excluding hydrogens is 337 g/mol. The molecule has 0 radical (unpaired) electrons. The van der Waals surface area contributed by atoms with Crippen molar-refractivity contribution >= 4 is 31.2 Å². The molecule has 1 unspecified atom stereocenters. The molecule has 1 atom stereocenters. The zero-order valence-electron chi connectivity index (χ0n) is 13.6. The molecule has 0 fully saturated rings. The van der Waals surface area contributed by atoms with E-state index >= 15 is 0 Å². The second kappa shape index (κ2) is 6.77. The van der Waals surface area contributed by atoms with E-state index in [0.29, 0.717) is 16.9 Å². The average Bonchev–Trinajstić information content (AvgIpc) is 2.80. The monoisotopic (exact) mass is 357 g/mol. The number of rotatable bonds is 7. The van der Waals surface area contributed by atoms with Crippen LogP contribution in [0.1, 0.15) is 34.6 Å². The van der Waals surface area contributed by atoms with Gasteiger partial charge in [0.15, 0.2) is 0 Å². The molecule has 1 heterocycles. The minimum Gasteiger partial charge on any atom is -0.312 e. The molecule has 0 aromatic heterocycles. The number of thioether (sulfide) groups is 1. The van der Waals surface area contributed by atoms with E-state index in [0.717, 1.165) is 0 Å². The van der Waals surface area contributed by atoms with Gasteiger partial charge < -0.3 is 9.05 Å². The largest absolute Gasteiger partial charge is 0.333 e. The second-order valence-electron chi connectivity index (χ2n) is 5.23. The summed E-state index contributed by atoms with van der Waals surface area (Å²) in [5.74, 6) is -0.127. The van der Waals surface area contributed by atoms with Crippen molar-refractivity contribution in [2.24, 2.45) is 0 Å². The van der Waals surface area contributed by atoms with Crippen LogP contribution in [0.2, 0.25) is 0 Å². The molecule has 0 saturated carbocycles. The highest BCUT2D eigenvalue weighted by Gasteiger charge is 2.50. The molecule has 1 aromatic rings. The Balaban J connectivity index is 2.45. The first-order valence-corrected chi connectivity index (χ1v) is 9.85. The van der Waals surface area contributed by atoms with E-state index in [4.69, 9.17) is 9.05 Å². The molecule has 6 nitrogen and oxygen atoms in total. The minimum atomic E-state index is -3.40. The number of carbonyl (C=O) groups excluding carboxylic acids is 2. The standard InChI is InChI=1S/C15H20NO5PS/c1-5-23-15(2,10-22(19,20-3)21-4)16-13(17)11-8-6-7-9-12(11)14(16)18/h6-9H,5,10H2,1-4H3. The summed E-state index contributed by atoms with van der Waals surface area (Å²) < 4.78 is 22.6. The van der Waals surface area contributed by atoms with Gasteiger partial charge in [-0.2, -0.15) is 0 Å². The maximum Gasteiger partial charge on any atom is 0.333 e. The molecule has 2 amide bonds. The number of benzene rings is 1. The summed E-state index contributed by atoms with van der Waals surface area (Å²) >= 11 is 1.36. The highest BCUT2D eigenvalue weighted by molar-refractivity contribution is 8.00. The maximum absolute atomic E-state index is 12.7. The first-order chi connectivity index (χ1) is 10.8. The van der Waals surface area contributed by atoms with Crippen molar-refractivity contribution in [3.63, 3.8) is 0 Å². The third-order valence-corrected chi connectivity index (χ3v) is 7.33. The van der Waals surface area contributed by atoms with Gasteiger partial charge in [-0.3, -0.25) is 19.1 Å². The molecule has 0 bridgehead atoms. The van der Waals surface area contributed by atoms with Crippen LogP contribution in [0.4, 0.5) is 0 Å². The maximum atomic E-state index is 12.7. The molecule has 23 heavy (non-hydrogen) atoms. The Morgan fingerprint density at radius 1 is 1.13 bits per heavy atom. The fourth-order valence-electron chi connectivity index (χ4n) is 2.67. The summed E-state index contributed by atoms with van der Waals surface area (Å²) in [5, 5.41) is 0. The van der Waals surface area contributed by atoms with E-state index < -0.39 is 12.5 Å². The smallest absolute Gasteiger partial charge is 0.312 e. The van der Waals surface area contributed by atoms with Crippen LogP contribution in [0.3, 0.4) is 0 Å². The van der Waals surface area contributed by atoms with Crippen LogP contribution in [0, 0.1) is 0 Å². The van der Waals surface area contributed by atoms with Crippen LogP contribution in [-0.4, -0.2) is 47.7 Å². The highest BCUT2D eigenvalue weighted by atomic mass is 32.2. The lowest BCUT2D eigenvalue weighted by molar-refractivity contribution is 0.0580. The van der Waals surface area contributed by atoms with Gasteiger partial charge in [0.25, 0.3) is 11.8 Å². The van der Waals surface area contributed by atoms with Crippen molar-refractivity contribution in [3.05, 3.63) is 35.4 Å². The Kier molecular flexibility index (Phi) is 5.36. The summed E-state index contributed by atoms with van der Waals surface area (Å²) in [4.78, 5) is 25.6. The predicted octanol–water partition coefficient (Wildman–Crippen LogP) is 3.24. The Morgan fingerprint density at radius 3 is 2.00 bits per heavy atom. The van der Waals surface area contributed by atoms with Crippen molar-refractivity contribution in [1.29, 1.82) is 0 Å².